The quantitative estimate of drug-likeness (QED) is 0.237. The van der Waals surface area contributed by atoms with Gasteiger partial charge >= 0.3 is 0 Å². The first-order valence-corrected chi connectivity index (χ1v) is 18.5. The Balaban J connectivity index is 1.78. The molecule has 0 heterocycles. The summed E-state index contributed by atoms with van der Waals surface area (Å²) in [5.74, 6) is 2.37. The van der Waals surface area contributed by atoms with E-state index in [-0.39, 0.29) is 22.5 Å². The highest BCUT2D eigenvalue weighted by molar-refractivity contribution is 6.74. The van der Waals surface area contributed by atoms with Crippen LogP contribution in [0, 0.1) is 35.0 Å². The fraction of sp³-hybridized carbons (Fsp3) is 0.824. The second-order valence-electron chi connectivity index (χ2n) is 15.4. The number of allylic oxidation sites excluding steroid dienone is 3. The molecule has 3 fully saturated rings. The zero-order chi connectivity index (χ0) is 28.7. The van der Waals surface area contributed by atoms with E-state index in [4.69, 9.17) is 4.43 Å². The van der Waals surface area contributed by atoms with Crippen molar-refractivity contribution in [2.75, 3.05) is 0 Å². The molecule has 3 saturated carbocycles. The smallest absolute Gasteiger partial charge is 0.192 e. The number of hydrogen-bond donors (Lipinski definition) is 2. The van der Waals surface area contributed by atoms with Crippen molar-refractivity contribution in [1.82, 2.24) is 0 Å². The van der Waals surface area contributed by atoms with Crippen LogP contribution < -0.4 is 0 Å². The maximum absolute atomic E-state index is 12.2. The molecule has 0 unspecified atom stereocenters. The van der Waals surface area contributed by atoms with E-state index in [9.17, 15) is 10.2 Å². The Morgan fingerprint density at radius 2 is 1.71 bits per heavy atom. The van der Waals surface area contributed by atoms with Crippen molar-refractivity contribution >= 4 is 8.32 Å². The van der Waals surface area contributed by atoms with Gasteiger partial charge in [0.15, 0.2) is 8.32 Å². The molecule has 218 valence electrons. The lowest BCUT2D eigenvalue weighted by Gasteiger charge is -2.52. The van der Waals surface area contributed by atoms with Gasteiger partial charge in [0.2, 0.25) is 0 Å². The van der Waals surface area contributed by atoms with Crippen molar-refractivity contribution in [3.8, 4) is 0 Å². The Labute approximate surface area is 236 Å². The molecule has 3 rings (SSSR count). The van der Waals surface area contributed by atoms with E-state index >= 15 is 0 Å². The van der Waals surface area contributed by atoms with Crippen LogP contribution in [0.2, 0.25) is 18.1 Å². The highest BCUT2D eigenvalue weighted by atomic mass is 28.4. The molecule has 0 aromatic carbocycles. The summed E-state index contributed by atoms with van der Waals surface area (Å²) in [5, 5.41) is 24.0. The first-order chi connectivity index (χ1) is 17.4. The van der Waals surface area contributed by atoms with E-state index in [1.165, 1.54) is 0 Å². The van der Waals surface area contributed by atoms with Gasteiger partial charge in [0.1, 0.15) is 6.10 Å². The first-order valence-electron chi connectivity index (χ1n) is 15.6. The normalized spacial score (nSPS) is 36.6. The van der Waals surface area contributed by atoms with E-state index in [0.29, 0.717) is 30.1 Å². The fourth-order valence-electron chi connectivity index (χ4n) is 7.50. The van der Waals surface area contributed by atoms with Crippen LogP contribution in [0.1, 0.15) is 107 Å². The number of aliphatic hydroxyl groups is 2. The molecule has 0 radical (unpaired) electrons. The van der Waals surface area contributed by atoms with Gasteiger partial charge in [0, 0.05) is 6.10 Å². The molecule has 0 amide bonds. The summed E-state index contributed by atoms with van der Waals surface area (Å²) >= 11 is 0. The summed E-state index contributed by atoms with van der Waals surface area (Å²) in [5.41, 5.74) is 1.18. The van der Waals surface area contributed by atoms with Gasteiger partial charge in [0.05, 0.1) is 5.60 Å². The van der Waals surface area contributed by atoms with E-state index in [0.717, 1.165) is 56.1 Å². The minimum atomic E-state index is -1.87. The van der Waals surface area contributed by atoms with E-state index < -0.39 is 20.0 Å². The van der Waals surface area contributed by atoms with Crippen LogP contribution in [-0.2, 0) is 4.43 Å². The molecule has 0 spiro atoms. The zero-order valence-electron chi connectivity index (χ0n) is 26.4. The predicted octanol–water partition coefficient (Wildman–Crippen LogP) is 8.84. The maximum atomic E-state index is 12.2. The number of fused-ring (bicyclic) bond motifs is 1. The summed E-state index contributed by atoms with van der Waals surface area (Å²) in [6.45, 7) is 27.5. The van der Waals surface area contributed by atoms with E-state index in [2.05, 4.69) is 87.2 Å². The topological polar surface area (TPSA) is 49.7 Å². The third-order valence-electron chi connectivity index (χ3n) is 11.5. The van der Waals surface area contributed by atoms with Crippen molar-refractivity contribution in [3.05, 3.63) is 36.0 Å². The summed E-state index contributed by atoms with van der Waals surface area (Å²) in [6, 6.07) is 0. The number of hydrogen-bond acceptors (Lipinski definition) is 3. The molecular weight excluding hydrogens is 484 g/mol. The Morgan fingerprint density at radius 1 is 1.05 bits per heavy atom. The molecule has 0 aromatic rings. The van der Waals surface area contributed by atoms with Gasteiger partial charge in [0.25, 0.3) is 0 Å². The van der Waals surface area contributed by atoms with Crippen LogP contribution in [0.5, 0.6) is 0 Å². The highest BCUT2D eigenvalue weighted by Gasteiger charge is 2.59. The van der Waals surface area contributed by atoms with Gasteiger partial charge in [-0.15, -0.1) is 0 Å². The standard InChI is InChI=1S/C34H60O3Si/c1-23(2)24(3)13-14-26(5)29-17-18-30-33(29,9)19-12-20-34(30,36)31(35)22-27-21-28(16-15-25(27)4)37-38(10,11)32(6,7)8/h13-14,22-24,26,28-31,35-36H,4,12,15-21H2,1-3,5-11H3/b14-13+,27-22-/t24-,26+,28+,29+,30+,31-,33+,34-/m0/s1. The van der Waals surface area contributed by atoms with Crippen LogP contribution in [0.25, 0.3) is 0 Å². The predicted molar refractivity (Wildman–Crippen MR) is 165 cm³/mol. The van der Waals surface area contributed by atoms with Crippen LogP contribution in [0.4, 0.5) is 0 Å². The highest BCUT2D eigenvalue weighted by Crippen LogP contribution is 2.61. The van der Waals surface area contributed by atoms with Gasteiger partial charge < -0.3 is 14.6 Å². The molecule has 3 aliphatic carbocycles. The molecule has 8 atom stereocenters. The van der Waals surface area contributed by atoms with Gasteiger partial charge in [-0.2, -0.15) is 0 Å². The number of aliphatic hydroxyl groups excluding tert-OH is 1. The summed E-state index contributed by atoms with van der Waals surface area (Å²) < 4.78 is 6.76. The lowest BCUT2D eigenvalue weighted by molar-refractivity contribution is -0.155. The second kappa shape index (κ2) is 11.7. The number of rotatable bonds is 8. The van der Waals surface area contributed by atoms with Crippen molar-refractivity contribution < 1.29 is 14.6 Å². The summed E-state index contributed by atoms with van der Waals surface area (Å²) in [6.07, 6.45) is 13.7. The van der Waals surface area contributed by atoms with Crippen molar-refractivity contribution in [3.63, 3.8) is 0 Å². The molecule has 0 bridgehead atoms. The first kappa shape index (κ1) is 31.8. The second-order valence-corrected chi connectivity index (χ2v) is 20.2. The van der Waals surface area contributed by atoms with E-state index in [1.54, 1.807) is 0 Å². The average Bonchev–Trinajstić information content (AvgIpc) is 3.16. The van der Waals surface area contributed by atoms with Gasteiger partial charge in [-0.1, -0.05) is 79.7 Å². The lowest BCUT2D eigenvalue weighted by atomic mass is 9.56. The fourth-order valence-corrected chi connectivity index (χ4v) is 8.89. The zero-order valence-corrected chi connectivity index (χ0v) is 27.4. The van der Waals surface area contributed by atoms with Crippen LogP contribution >= 0.6 is 0 Å². The summed E-state index contributed by atoms with van der Waals surface area (Å²) in [4.78, 5) is 0. The molecule has 3 aliphatic rings. The van der Waals surface area contributed by atoms with Crippen molar-refractivity contribution in [2.24, 2.45) is 35.0 Å². The molecule has 0 saturated heterocycles. The molecular formula is C34H60O3Si. The van der Waals surface area contributed by atoms with Crippen LogP contribution in [0.15, 0.2) is 36.0 Å². The van der Waals surface area contributed by atoms with Crippen LogP contribution in [0.3, 0.4) is 0 Å². The Morgan fingerprint density at radius 3 is 2.32 bits per heavy atom. The molecule has 2 N–H and O–H groups in total. The average molecular weight is 545 g/mol. The third-order valence-corrected chi connectivity index (χ3v) is 16.1. The SMILES string of the molecule is C=C1CC[C@@H](O[Si](C)(C)C(C)(C)C)C/C1=C/[C@H](O)[C@]1(O)CCC[C@]2(C)[C@@H]([C@H](C)/C=C/[C@H](C)C(C)C)CC[C@H]21. The van der Waals surface area contributed by atoms with Gasteiger partial charge in [-0.25, -0.2) is 0 Å². The molecule has 3 nitrogen and oxygen atoms in total. The largest absolute Gasteiger partial charge is 0.414 e. The lowest BCUT2D eigenvalue weighted by Crippen LogP contribution is -2.56. The maximum Gasteiger partial charge on any atom is 0.192 e. The van der Waals surface area contributed by atoms with Crippen molar-refractivity contribution in [2.45, 2.75) is 143 Å². The Kier molecular flexibility index (Phi) is 9.77. The third kappa shape index (κ3) is 6.45. The minimum Gasteiger partial charge on any atom is -0.414 e. The minimum absolute atomic E-state index is 0.0505. The molecule has 38 heavy (non-hydrogen) atoms. The Bertz CT molecular complexity index is 896. The van der Waals surface area contributed by atoms with Crippen LogP contribution in [-0.4, -0.2) is 36.3 Å². The molecule has 0 aromatic heterocycles. The molecule has 0 aliphatic heterocycles. The van der Waals surface area contributed by atoms with Gasteiger partial charge in [-0.3, -0.25) is 0 Å². The van der Waals surface area contributed by atoms with E-state index in [1.807, 2.05) is 6.08 Å². The monoisotopic (exact) mass is 544 g/mol. The van der Waals surface area contributed by atoms with Gasteiger partial charge in [-0.05, 0) is 116 Å². The summed E-state index contributed by atoms with van der Waals surface area (Å²) in [7, 11) is -1.87. The van der Waals surface area contributed by atoms with Crippen molar-refractivity contribution in [1.29, 1.82) is 0 Å². The Hall–Kier alpha value is -0.683. The molecule has 4 heteroatoms.